The number of nitrogens with two attached hydrogens (primary N) is 1. The largest absolute Gasteiger partial charge is 0.373 e. The van der Waals surface area contributed by atoms with E-state index in [0.29, 0.717) is 26.2 Å². The van der Waals surface area contributed by atoms with Crippen LogP contribution in [0, 0.1) is 12.7 Å². The van der Waals surface area contributed by atoms with E-state index in [1.54, 1.807) is 17.9 Å². The summed E-state index contributed by atoms with van der Waals surface area (Å²) in [5.74, 6) is -0.773. The number of ether oxygens (including phenoxy) is 1. The fourth-order valence-corrected chi connectivity index (χ4v) is 2.01. The number of carbonyl (C=O) groups is 1. The highest BCUT2D eigenvalue weighted by atomic mass is 19.1. The smallest absolute Gasteiger partial charge is 0.256 e. The Hall–Kier alpha value is -1.46. The van der Waals surface area contributed by atoms with E-state index in [1.165, 1.54) is 12.1 Å². The van der Waals surface area contributed by atoms with Crippen LogP contribution in [0.4, 0.5) is 4.39 Å². The molecular formula is C13H17FN2O2. The molecule has 1 fully saturated rings. The second kappa shape index (κ2) is 5.46. The molecule has 0 spiro atoms. The van der Waals surface area contributed by atoms with E-state index < -0.39 is 5.82 Å². The van der Waals surface area contributed by atoms with E-state index in [-0.39, 0.29) is 17.6 Å². The van der Waals surface area contributed by atoms with Crippen molar-refractivity contribution in [1.29, 1.82) is 0 Å². The lowest BCUT2D eigenvalue weighted by molar-refractivity contribution is -0.0169. The van der Waals surface area contributed by atoms with Gasteiger partial charge in [-0.3, -0.25) is 4.79 Å². The summed E-state index contributed by atoms with van der Waals surface area (Å²) in [7, 11) is 0. The standard InChI is InChI=1S/C13H17FN2O2/c1-9-2-3-11(12(14)6-9)13(17)16-4-5-18-10(7-15)8-16/h2-3,6,10H,4-5,7-8,15H2,1H3. The number of morpholine rings is 1. The molecule has 98 valence electrons. The Kier molecular flexibility index (Phi) is 3.93. The molecule has 5 heteroatoms. The van der Waals surface area contributed by atoms with Gasteiger partial charge in [0, 0.05) is 19.6 Å². The van der Waals surface area contributed by atoms with Crippen molar-refractivity contribution in [2.45, 2.75) is 13.0 Å². The summed E-state index contributed by atoms with van der Waals surface area (Å²) in [5.41, 5.74) is 6.42. The third kappa shape index (κ3) is 2.68. The summed E-state index contributed by atoms with van der Waals surface area (Å²) in [6, 6.07) is 4.63. The molecule has 2 rings (SSSR count). The average molecular weight is 252 g/mol. The Morgan fingerprint density at radius 3 is 3.06 bits per heavy atom. The first-order valence-electron chi connectivity index (χ1n) is 5.99. The number of nitrogens with zero attached hydrogens (tertiary/aromatic N) is 1. The van der Waals surface area contributed by atoms with Gasteiger partial charge >= 0.3 is 0 Å². The monoisotopic (exact) mass is 252 g/mol. The Bertz CT molecular complexity index is 451. The average Bonchev–Trinajstić information content (AvgIpc) is 2.38. The summed E-state index contributed by atoms with van der Waals surface area (Å²) in [6.45, 7) is 3.49. The molecule has 1 aliphatic rings. The van der Waals surface area contributed by atoms with Gasteiger partial charge in [0.2, 0.25) is 0 Å². The third-order valence-electron chi connectivity index (χ3n) is 3.04. The lowest BCUT2D eigenvalue weighted by atomic mass is 10.1. The van der Waals surface area contributed by atoms with Gasteiger partial charge < -0.3 is 15.4 Å². The molecule has 2 N–H and O–H groups in total. The van der Waals surface area contributed by atoms with Crippen LogP contribution < -0.4 is 5.73 Å². The van der Waals surface area contributed by atoms with Gasteiger partial charge in [-0.25, -0.2) is 4.39 Å². The van der Waals surface area contributed by atoms with Gasteiger partial charge in [-0.05, 0) is 24.6 Å². The van der Waals surface area contributed by atoms with Gasteiger partial charge in [0.25, 0.3) is 5.91 Å². The number of aryl methyl sites for hydroxylation is 1. The highest BCUT2D eigenvalue weighted by Crippen LogP contribution is 2.14. The predicted molar refractivity (Wildman–Crippen MR) is 65.8 cm³/mol. The highest BCUT2D eigenvalue weighted by molar-refractivity contribution is 5.94. The zero-order chi connectivity index (χ0) is 13.1. The fraction of sp³-hybridized carbons (Fsp3) is 0.462. The Morgan fingerprint density at radius 1 is 1.61 bits per heavy atom. The maximum absolute atomic E-state index is 13.7. The number of amides is 1. The molecule has 0 aromatic heterocycles. The molecule has 4 nitrogen and oxygen atoms in total. The number of rotatable bonds is 2. The van der Waals surface area contributed by atoms with Crippen LogP contribution in [-0.4, -0.2) is 43.2 Å². The van der Waals surface area contributed by atoms with Crippen LogP contribution in [-0.2, 0) is 4.74 Å². The predicted octanol–water partition coefficient (Wildman–Crippen LogP) is 0.934. The van der Waals surface area contributed by atoms with E-state index in [4.69, 9.17) is 10.5 Å². The molecule has 1 aliphatic heterocycles. The Labute approximate surface area is 106 Å². The zero-order valence-corrected chi connectivity index (χ0v) is 10.4. The topological polar surface area (TPSA) is 55.6 Å². The molecule has 1 saturated heterocycles. The van der Waals surface area contributed by atoms with Crippen molar-refractivity contribution in [1.82, 2.24) is 4.90 Å². The first-order chi connectivity index (χ1) is 8.61. The van der Waals surface area contributed by atoms with Gasteiger partial charge in [-0.2, -0.15) is 0 Å². The number of halogens is 1. The molecule has 0 radical (unpaired) electrons. The minimum Gasteiger partial charge on any atom is -0.373 e. The molecular weight excluding hydrogens is 235 g/mol. The summed E-state index contributed by atoms with van der Waals surface area (Å²) in [6.07, 6.45) is -0.156. The van der Waals surface area contributed by atoms with Gasteiger partial charge in [0.15, 0.2) is 0 Å². The molecule has 1 amide bonds. The number of benzene rings is 1. The lowest BCUT2D eigenvalue weighted by Gasteiger charge is -2.32. The van der Waals surface area contributed by atoms with Crippen LogP contribution in [0.3, 0.4) is 0 Å². The molecule has 1 heterocycles. The van der Waals surface area contributed by atoms with E-state index in [1.807, 2.05) is 0 Å². The Morgan fingerprint density at radius 2 is 2.39 bits per heavy atom. The van der Waals surface area contributed by atoms with Crippen LogP contribution in [0.25, 0.3) is 0 Å². The normalized spacial score (nSPS) is 19.9. The summed E-state index contributed by atoms with van der Waals surface area (Å²) in [5, 5.41) is 0. The zero-order valence-electron chi connectivity index (χ0n) is 10.4. The molecule has 1 aromatic rings. The van der Waals surface area contributed by atoms with E-state index >= 15 is 0 Å². The molecule has 18 heavy (non-hydrogen) atoms. The van der Waals surface area contributed by atoms with Crippen LogP contribution in [0.2, 0.25) is 0 Å². The van der Waals surface area contributed by atoms with Crippen LogP contribution in [0.15, 0.2) is 18.2 Å². The summed E-state index contributed by atoms with van der Waals surface area (Å²) >= 11 is 0. The van der Waals surface area contributed by atoms with Crippen molar-refractivity contribution >= 4 is 5.91 Å². The van der Waals surface area contributed by atoms with Crippen molar-refractivity contribution in [2.24, 2.45) is 5.73 Å². The number of hydrogen-bond donors (Lipinski definition) is 1. The van der Waals surface area contributed by atoms with Crippen LogP contribution >= 0.6 is 0 Å². The Balaban J connectivity index is 2.15. The van der Waals surface area contributed by atoms with Crippen molar-refractivity contribution in [2.75, 3.05) is 26.2 Å². The van der Waals surface area contributed by atoms with E-state index in [0.717, 1.165) is 5.56 Å². The van der Waals surface area contributed by atoms with Crippen molar-refractivity contribution < 1.29 is 13.9 Å². The second-order valence-electron chi connectivity index (χ2n) is 4.46. The van der Waals surface area contributed by atoms with Gasteiger partial charge in [0.1, 0.15) is 5.82 Å². The maximum Gasteiger partial charge on any atom is 0.256 e. The van der Waals surface area contributed by atoms with Crippen LogP contribution in [0.1, 0.15) is 15.9 Å². The SMILES string of the molecule is Cc1ccc(C(=O)N2CCOC(CN)C2)c(F)c1. The minimum absolute atomic E-state index is 0.110. The third-order valence-corrected chi connectivity index (χ3v) is 3.04. The molecule has 0 bridgehead atoms. The molecule has 0 aliphatic carbocycles. The number of carbonyl (C=O) groups excluding carboxylic acids is 1. The molecule has 0 saturated carbocycles. The molecule has 1 aromatic carbocycles. The fourth-order valence-electron chi connectivity index (χ4n) is 2.01. The van der Waals surface area contributed by atoms with Crippen molar-refractivity contribution in [3.05, 3.63) is 35.1 Å². The van der Waals surface area contributed by atoms with Crippen molar-refractivity contribution in [3.8, 4) is 0 Å². The van der Waals surface area contributed by atoms with Crippen molar-refractivity contribution in [3.63, 3.8) is 0 Å². The second-order valence-corrected chi connectivity index (χ2v) is 4.46. The first kappa shape index (κ1) is 13.0. The van der Waals surface area contributed by atoms with Crippen LogP contribution in [0.5, 0.6) is 0 Å². The summed E-state index contributed by atoms with van der Waals surface area (Å²) < 4.78 is 19.1. The molecule has 1 atom stereocenters. The highest BCUT2D eigenvalue weighted by Gasteiger charge is 2.25. The minimum atomic E-state index is -0.476. The van der Waals surface area contributed by atoms with Gasteiger partial charge in [-0.15, -0.1) is 0 Å². The first-order valence-corrected chi connectivity index (χ1v) is 5.99. The summed E-state index contributed by atoms with van der Waals surface area (Å²) in [4.78, 5) is 13.8. The lowest BCUT2D eigenvalue weighted by Crippen LogP contribution is -2.48. The number of hydrogen-bond acceptors (Lipinski definition) is 3. The van der Waals surface area contributed by atoms with Gasteiger partial charge in [-0.1, -0.05) is 6.07 Å². The molecule has 1 unspecified atom stereocenters. The maximum atomic E-state index is 13.7. The van der Waals surface area contributed by atoms with E-state index in [9.17, 15) is 9.18 Å². The van der Waals surface area contributed by atoms with E-state index in [2.05, 4.69) is 0 Å². The quantitative estimate of drug-likeness (QED) is 0.852. The van der Waals surface area contributed by atoms with Gasteiger partial charge in [0.05, 0.1) is 18.3 Å².